The van der Waals surface area contributed by atoms with Crippen LogP contribution in [-0.4, -0.2) is 48.3 Å². The summed E-state index contributed by atoms with van der Waals surface area (Å²) < 4.78 is 5.14. The molecular weight excluding hydrogens is 274 g/mol. The Kier molecular flexibility index (Phi) is 7.54. The molecule has 0 unspecified atom stereocenters. The number of hydrogen-bond acceptors (Lipinski definition) is 5. The molecular formula is C14H23N3O4. The van der Waals surface area contributed by atoms with Gasteiger partial charge in [0.25, 0.3) is 5.91 Å². The molecule has 0 saturated heterocycles. The van der Waals surface area contributed by atoms with Crippen molar-refractivity contribution in [3.05, 3.63) is 0 Å². The molecule has 1 aliphatic rings. The van der Waals surface area contributed by atoms with E-state index in [0.29, 0.717) is 12.3 Å². The Morgan fingerprint density at radius 2 is 2.10 bits per heavy atom. The third-order valence-electron chi connectivity index (χ3n) is 3.66. The molecule has 1 saturated carbocycles. The van der Waals surface area contributed by atoms with Gasteiger partial charge in [-0.25, -0.2) is 9.69 Å². The molecule has 0 heterocycles. The summed E-state index contributed by atoms with van der Waals surface area (Å²) in [6.07, 6.45) is 5.95. The van der Waals surface area contributed by atoms with Crippen LogP contribution in [0.15, 0.2) is 0 Å². The first-order chi connectivity index (χ1) is 10.1. The predicted octanol–water partition coefficient (Wildman–Crippen LogP) is 0.983. The molecule has 7 nitrogen and oxygen atoms in total. The molecule has 0 aromatic rings. The van der Waals surface area contributed by atoms with Crippen LogP contribution in [0.1, 0.15) is 38.5 Å². The van der Waals surface area contributed by atoms with Crippen LogP contribution < -0.4 is 5.32 Å². The number of aliphatic hydroxyl groups excluding tert-OH is 1. The van der Waals surface area contributed by atoms with Crippen molar-refractivity contribution in [1.82, 2.24) is 10.2 Å². The first-order valence-corrected chi connectivity index (χ1v) is 7.31. The molecule has 7 heteroatoms. The highest BCUT2D eigenvalue weighted by molar-refractivity contribution is 5.84. The second-order valence-electron chi connectivity index (χ2n) is 5.28. The quantitative estimate of drug-likeness (QED) is 0.562. The highest BCUT2D eigenvalue weighted by Gasteiger charge is 2.29. The Balaban J connectivity index is 2.62. The zero-order valence-electron chi connectivity index (χ0n) is 12.4. The van der Waals surface area contributed by atoms with E-state index in [2.05, 4.69) is 5.32 Å². The maximum absolute atomic E-state index is 12.1. The van der Waals surface area contributed by atoms with Crippen LogP contribution >= 0.6 is 0 Å². The summed E-state index contributed by atoms with van der Waals surface area (Å²) in [5, 5.41) is 19.8. The van der Waals surface area contributed by atoms with Crippen molar-refractivity contribution in [2.24, 2.45) is 5.92 Å². The number of nitrogens with zero attached hydrogens (tertiary/aromatic N) is 2. The molecule has 1 fully saturated rings. The second-order valence-corrected chi connectivity index (χ2v) is 5.28. The molecule has 0 bridgehead atoms. The summed E-state index contributed by atoms with van der Waals surface area (Å²) in [7, 11) is 1.35. The molecule has 2 amide bonds. The van der Waals surface area contributed by atoms with Gasteiger partial charge in [0.1, 0.15) is 0 Å². The standard InChI is InChI=1S/C14H23N3O4/c1-17(10-15)13(19)12(21-14(20)16-7-8-18)9-11-5-3-2-4-6-11/h11-12,18H,2-9H2,1H3,(H,16,20)/t12-/m0/s1. The van der Waals surface area contributed by atoms with E-state index < -0.39 is 18.1 Å². The fourth-order valence-electron chi connectivity index (χ4n) is 2.52. The summed E-state index contributed by atoms with van der Waals surface area (Å²) in [4.78, 5) is 24.6. The van der Waals surface area contributed by atoms with Crippen molar-refractivity contribution in [2.75, 3.05) is 20.2 Å². The van der Waals surface area contributed by atoms with E-state index >= 15 is 0 Å². The molecule has 0 aromatic carbocycles. The zero-order valence-corrected chi connectivity index (χ0v) is 12.4. The topological polar surface area (TPSA) is 103 Å². The molecule has 0 radical (unpaired) electrons. The summed E-state index contributed by atoms with van der Waals surface area (Å²) in [5.41, 5.74) is 0. The number of aliphatic hydroxyl groups is 1. The van der Waals surface area contributed by atoms with E-state index in [0.717, 1.165) is 30.6 Å². The van der Waals surface area contributed by atoms with E-state index in [4.69, 9.17) is 15.1 Å². The van der Waals surface area contributed by atoms with Crippen molar-refractivity contribution >= 4 is 12.0 Å². The van der Waals surface area contributed by atoms with Crippen LogP contribution in [0.2, 0.25) is 0 Å². The highest BCUT2D eigenvalue weighted by Crippen LogP contribution is 2.28. The van der Waals surface area contributed by atoms with Gasteiger partial charge in [-0.2, -0.15) is 5.26 Å². The minimum Gasteiger partial charge on any atom is -0.436 e. The lowest BCUT2D eigenvalue weighted by molar-refractivity contribution is -0.137. The van der Waals surface area contributed by atoms with Gasteiger partial charge in [0.2, 0.25) is 0 Å². The van der Waals surface area contributed by atoms with Gasteiger partial charge in [-0.1, -0.05) is 32.1 Å². The van der Waals surface area contributed by atoms with Crippen LogP contribution in [0, 0.1) is 17.4 Å². The highest BCUT2D eigenvalue weighted by atomic mass is 16.6. The van der Waals surface area contributed by atoms with Crippen molar-refractivity contribution in [1.29, 1.82) is 5.26 Å². The zero-order chi connectivity index (χ0) is 15.7. The van der Waals surface area contributed by atoms with Crippen LogP contribution in [0.4, 0.5) is 4.79 Å². The Morgan fingerprint density at radius 1 is 1.43 bits per heavy atom. The summed E-state index contributed by atoms with van der Waals surface area (Å²) in [6, 6.07) is 0. The van der Waals surface area contributed by atoms with E-state index in [1.807, 2.05) is 0 Å². The Labute approximate surface area is 124 Å². The average molecular weight is 297 g/mol. The fourth-order valence-corrected chi connectivity index (χ4v) is 2.52. The number of rotatable bonds is 6. The fraction of sp³-hybridized carbons (Fsp3) is 0.786. The molecule has 21 heavy (non-hydrogen) atoms. The van der Waals surface area contributed by atoms with E-state index in [1.165, 1.54) is 13.5 Å². The smallest absolute Gasteiger partial charge is 0.408 e. The number of nitriles is 1. The minimum absolute atomic E-state index is 0.0667. The van der Waals surface area contributed by atoms with Gasteiger partial charge < -0.3 is 15.2 Å². The monoisotopic (exact) mass is 297 g/mol. The van der Waals surface area contributed by atoms with Gasteiger partial charge in [-0.15, -0.1) is 0 Å². The van der Waals surface area contributed by atoms with Gasteiger partial charge in [0.05, 0.1) is 6.61 Å². The van der Waals surface area contributed by atoms with Crippen molar-refractivity contribution in [3.63, 3.8) is 0 Å². The van der Waals surface area contributed by atoms with Gasteiger partial charge in [0, 0.05) is 13.6 Å². The third kappa shape index (κ3) is 6.00. The lowest BCUT2D eigenvalue weighted by Crippen LogP contribution is -2.41. The predicted molar refractivity (Wildman–Crippen MR) is 74.9 cm³/mol. The average Bonchev–Trinajstić information content (AvgIpc) is 2.51. The van der Waals surface area contributed by atoms with E-state index in [9.17, 15) is 9.59 Å². The summed E-state index contributed by atoms with van der Waals surface area (Å²) in [5.74, 6) is -0.173. The van der Waals surface area contributed by atoms with E-state index in [-0.39, 0.29) is 13.2 Å². The van der Waals surface area contributed by atoms with Crippen molar-refractivity contribution < 1.29 is 19.4 Å². The Bertz CT molecular complexity index is 388. The van der Waals surface area contributed by atoms with Crippen LogP contribution in [0.25, 0.3) is 0 Å². The van der Waals surface area contributed by atoms with Crippen molar-refractivity contribution in [2.45, 2.75) is 44.6 Å². The number of alkyl carbamates (subject to hydrolysis) is 1. The van der Waals surface area contributed by atoms with Crippen LogP contribution in [0.3, 0.4) is 0 Å². The normalized spacial score (nSPS) is 16.6. The number of hydrogen-bond donors (Lipinski definition) is 2. The number of amides is 2. The molecule has 0 aromatic heterocycles. The molecule has 1 aliphatic carbocycles. The molecule has 0 aliphatic heterocycles. The largest absolute Gasteiger partial charge is 0.436 e. The molecule has 118 valence electrons. The first kappa shape index (κ1) is 17.2. The molecule has 0 spiro atoms. The number of likely N-dealkylation sites (N-methyl/N-ethyl adjacent to an activating group) is 1. The van der Waals surface area contributed by atoms with Gasteiger partial charge in [-0.05, 0) is 12.3 Å². The third-order valence-corrected chi connectivity index (χ3v) is 3.66. The first-order valence-electron chi connectivity index (χ1n) is 7.31. The minimum atomic E-state index is -0.948. The maximum atomic E-state index is 12.1. The molecule has 1 rings (SSSR count). The summed E-state index contributed by atoms with van der Waals surface area (Å²) >= 11 is 0. The van der Waals surface area contributed by atoms with Crippen LogP contribution in [0.5, 0.6) is 0 Å². The number of carbonyl (C=O) groups excluding carboxylic acids is 2. The molecule has 2 N–H and O–H groups in total. The van der Waals surface area contributed by atoms with E-state index in [1.54, 1.807) is 6.19 Å². The molecule has 1 atom stereocenters. The number of carbonyl (C=O) groups is 2. The summed E-state index contributed by atoms with van der Waals surface area (Å²) in [6.45, 7) is -0.133. The van der Waals surface area contributed by atoms with Crippen molar-refractivity contribution in [3.8, 4) is 6.19 Å². The van der Waals surface area contributed by atoms with Gasteiger partial charge in [-0.3, -0.25) is 4.79 Å². The number of nitrogens with one attached hydrogen (secondary N) is 1. The second kappa shape index (κ2) is 9.19. The Hall–Kier alpha value is -1.81. The Morgan fingerprint density at radius 3 is 2.67 bits per heavy atom. The SMILES string of the molecule is CN(C#N)C(=O)[C@H](CC1CCCCC1)OC(=O)NCCO. The lowest BCUT2D eigenvalue weighted by Gasteiger charge is -2.26. The van der Waals surface area contributed by atoms with Gasteiger partial charge >= 0.3 is 6.09 Å². The van der Waals surface area contributed by atoms with Gasteiger partial charge in [0.15, 0.2) is 12.3 Å². The lowest BCUT2D eigenvalue weighted by atomic mass is 9.85. The maximum Gasteiger partial charge on any atom is 0.408 e. The number of ether oxygens (including phenoxy) is 1. The van der Waals surface area contributed by atoms with Crippen LogP contribution in [-0.2, 0) is 9.53 Å².